The number of rotatable bonds is 7. The van der Waals surface area contributed by atoms with Crippen molar-refractivity contribution in [3.05, 3.63) is 58.3 Å². The van der Waals surface area contributed by atoms with Crippen LogP contribution >= 0.6 is 15.9 Å². The minimum Gasteiger partial charge on any atom is -0.369 e. The molecule has 1 aromatic heterocycles. The van der Waals surface area contributed by atoms with Gasteiger partial charge < -0.3 is 10.2 Å². The van der Waals surface area contributed by atoms with Crippen molar-refractivity contribution in [2.24, 2.45) is 0 Å². The monoisotopic (exact) mass is 347 g/mol. The van der Waals surface area contributed by atoms with Gasteiger partial charge in [-0.15, -0.1) is 0 Å². The second-order valence-corrected chi connectivity index (χ2v) is 5.98. The number of pyridine rings is 1. The maximum atomic E-state index is 4.28. The predicted octanol–water partition coefficient (Wildman–Crippen LogP) is 3.98. The number of hydrogen-bond donors (Lipinski definition) is 1. The Labute approximate surface area is 135 Å². The smallest absolute Gasteiger partial charge is 0.0598 e. The highest BCUT2D eigenvalue weighted by molar-refractivity contribution is 9.10. The molecule has 1 heterocycles. The van der Waals surface area contributed by atoms with E-state index in [-0.39, 0.29) is 0 Å². The molecule has 0 atom stereocenters. The molecule has 112 valence electrons. The van der Waals surface area contributed by atoms with Crippen LogP contribution in [0.25, 0.3) is 0 Å². The van der Waals surface area contributed by atoms with Crippen molar-refractivity contribution < 1.29 is 0 Å². The zero-order valence-electron chi connectivity index (χ0n) is 12.6. The minimum absolute atomic E-state index is 0.855. The van der Waals surface area contributed by atoms with E-state index in [1.54, 1.807) is 0 Å². The highest BCUT2D eigenvalue weighted by Crippen LogP contribution is 2.23. The first-order chi connectivity index (χ1) is 10.2. The van der Waals surface area contributed by atoms with Crippen LogP contribution in [0.2, 0.25) is 0 Å². The van der Waals surface area contributed by atoms with E-state index in [1.807, 2.05) is 18.5 Å². The molecule has 1 aromatic carbocycles. The van der Waals surface area contributed by atoms with E-state index in [0.29, 0.717) is 0 Å². The molecule has 0 spiro atoms. The summed E-state index contributed by atoms with van der Waals surface area (Å²) in [4.78, 5) is 6.52. The Morgan fingerprint density at radius 1 is 1.19 bits per heavy atom. The Balaban J connectivity index is 2.11. The van der Waals surface area contributed by atoms with E-state index >= 15 is 0 Å². The molecule has 2 aromatic rings. The van der Waals surface area contributed by atoms with Crippen LogP contribution in [0.4, 0.5) is 5.69 Å². The first-order valence-electron chi connectivity index (χ1n) is 7.30. The molecule has 0 amide bonds. The third-order valence-electron chi connectivity index (χ3n) is 3.41. The van der Waals surface area contributed by atoms with Crippen molar-refractivity contribution in [2.45, 2.75) is 26.4 Å². The molecular weight excluding hydrogens is 326 g/mol. The summed E-state index contributed by atoms with van der Waals surface area (Å²) in [6.07, 6.45) is 4.95. The van der Waals surface area contributed by atoms with Crippen LogP contribution in [0.3, 0.4) is 0 Å². The van der Waals surface area contributed by atoms with Gasteiger partial charge in [-0.05, 0) is 36.2 Å². The fraction of sp³-hybridized carbons (Fsp3) is 0.353. The highest BCUT2D eigenvalue weighted by Gasteiger charge is 2.09. The van der Waals surface area contributed by atoms with E-state index in [4.69, 9.17) is 0 Å². The average molecular weight is 348 g/mol. The van der Waals surface area contributed by atoms with Crippen molar-refractivity contribution in [2.75, 3.05) is 18.5 Å². The molecule has 3 nitrogen and oxygen atoms in total. The summed E-state index contributed by atoms with van der Waals surface area (Å²) in [5.74, 6) is 0. The van der Waals surface area contributed by atoms with Crippen molar-refractivity contribution in [3.8, 4) is 0 Å². The van der Waals surface area contributed by atoms with E-state index in [1.165, 1.54) is 16.8 Å². The number of nitrogens with zero attached hydrogens (tertiary/aromatic N) is 2. The summed E-state index contributed by atoms with van der Waals surface area (Å²) in [6, 6.07) is 10.4. The summed E-state index contributed by atoms with van der Waals surface area (Å²) >= 11 is 3.61. The lowest BCUT2D eigenvalue weighted by atomic mass is 10.1. The summed E-state index contributed by atoms with van der Waals surface area (Å²) < 4.78 is 1.14. The number of aromatic nitrogens is 1. The van der Waals surface area contributed by atoms with Gasteiger partial charge in [0.2, 0.25) is 0 Å². The molecule has 0 fully saturated rings. The van der Waals surface area contributed by atoms with Crippen LogP contribution in [0, 0.1) is 0 Å². The molecule has 0 aliphatic heterocycles. The molecule has 0 saturated carbocycles. The van der Waals surface area contributed by atoms with Crippen LogP contribution in [-0.2, 0) is 13.1 Å². The number of nitrogens with one attached hydrogen (secondary N) is 1. The van der Waals surface area contributed by atoms with E-state index in [2.05, 4.69) is 69.4 Å². The number of halogens is 1. The zero-order chi connectivity index (χ0) is 15.1. The molecular formula is C17H22BrN3. The molecule has 0 bridgehead atoms. The Hall–Kier alpha value is -1.39. The van der Waals surface area contributed by atoms with Gasteiger partial charge in [0.15, 0.2) is 0 Å². The second-order valence-electron chi connectivity index (χ2n) is 5.13. The fourth-order valence-electron chi connectivity index (χ4n) is 2.28. The van der Waals surface area contributed by atoms with Gasteiger partial charge in [0.25, 0.3) is 0 Å². The molecule has 0 radical (unpaired) electrons. The quantitative estimate of drug-likeness (QED) is 0.767. The van der Waals surface area contributed by atoms with Gasteiger partial charge in [0.1, 0.15) is 0 Å². The van der Waals surface area contributed by atoms with E-state index in [9.17, 15) is 0 Å². The maximum Gasteiger partial charge on any atom is 0.0598 e. The number of benzene rings is 1. The molecule has 0 unspecified atom stereocenters. The van der Waals surface area contributed by atoms with Crippen molar-refractivity contribution in [3.63, 3.8) is 0 Å². The molecule has 0 aliphatic carbocycles. The van der Waals surface area contributed by atoms with Gasteiger partial charge in [-0.1, -0.05) is 41.1 Å². The Bertz CT molecular complexity index is 571. The SMILES string of the molecule is CCCNCc1ccncc1N(C)Cc1ccccc1Br. The largest absolute Gasteiger partial charge is 0.369 e. The molecule has 21 heavy (non-hydrogen) atoms. The molecule has 2 rings (SSSR count). The van der Waals surface area contributed by atoms with Gasteiger partial charge >= 0.3 is 0 Å². The van der Waals surface area contributed by atoms with E-state index < -0.39 is 0 Å². The Morgan fingerprint density at radius 2 is 2.00 bits per heavy atom. The van der Waals surface area contributed by atoms with Crippen molar-refractivity contribution >= 4 is 21.6 Å². The highest BCUT2D eigenvalue weighted by atomic mass is 79.9. The summed E-state index contributed by atoms with van der Waals surface area (Å²) in [6.45, 7) is 4.95. The second kappa shape index (κ2) is 8.15. The zero-order valence-corrected chi connectivity index (χ0v) is 14.2. The summed E-state index contributed by atoms with van der Waals surface area (Å²) in [7, 11) is 2.11. The predicted molar refractivity (Wildman–Crippen MR) is 92.5 cm³/mol. The summed E-state index contributed by atoms with van der Waals surface area (Å²) in [5, 5.41) is 3.46. The first-order valence-corrected chi connectivity index (χ1v) is 8.09. The van der Waals surface area contributed by atoms with Crippen LogP contribution in [-0.4, -0.2) is 18.6 Å². The first kappa shape index (κ1) is 16.0. The third kappa shape index (κ3) is 4.55. The minimum atomic E-state index is 0.855. The van der Waals surface area contributed by atoms with Gasteiger partial charge in [-0.2, -0.15) is 0 Å². The lowest BCUT2D eigenvalue weighted by Crippen LogP contribution is -2.21. The van der Waals surface area contributed by atoms with Gasteiger partial charge in [0.05, 0.1) is 11.9 Å². The summed E-state index contributed by atoms with van der Waals surface area (Å²) in [5.41, 5.74) is 3.74. The lowest BCUT2D eigenvalue weighted by molar-refractivity contribution is 0.673. The molecule has 1 N–H and O–H groups in total. The van der Waals surface area contributed by atoms with Crippen LogP contribution in [0.15, 0.2) is 47.2 Å². The Morgan fingerprint density at radius 3 is 2.76 bits per heavy atom. The maximum absolute atomic E-state index is 4.28. The normalized spacial score (nSPS) is 10.6. The standard InChI is InChI=1S/C17H22BrN3/c1-3-9-19-11-14-8-10-20-12-17(14)21(2)13-15-6-4-5-7-16(15)18/h4-8,10,12,19H,3,9,11,13H2,1-2H3. The molecule has 0 saturated heterocycles. The van der Waals surface area contributed by atoms with Crippen LogP contribution < -0.4 is 10.2 Å². The topological polar surface area (TPSA) is 28.2 Å². The van der Waals surface area contributed by atoms with E-state index in [0.717, 1.165) is 30.5 Å². The third-order valence-corrected chi connectivity index (χ3v) is 4.18. The van der Waals surface area contributed by atoms with Crippen molar-refractivity contribution in [1.29, 1.82) is 0 Å². The van der Waals surface area contributed by atoms with Gasteiger partial charge in [0, 0.05) is 30.8 Å². The van der Waals surface area contributed by atoms with Gasteiger partial charge in [-0.3, -0.25) is 4.98 Å². The van der Waals surface area contributed by atoms with Crippen LogP contribution in [0.5, 0.6) is 0 Å². The lowest BCUT2D eigenvalue weighted by Gasteiger charge is -2.23. The number of hydrogen-bond acceptors (Lipinski definition) is 3. The molecule has 4 heteroatoms. The Kier molecular flexibility index (Phi) is 6.21. The average Bonchev–Trinajstić information content (AvgIpc) is 2.50. The van der Waals surface area contributed by atoms with Crippen LogP contribution in [0.1, 0.15) is 24.5 Å². The molecule has 0 aliphatic rings. The van der Waals surface area contributed by atoms with Crippen molar-refractivity contribution in [1.82, 2.24) is 10.3 Å². The fourth-order valence-corrected chi connectivity index (χ4v) is 2.69. The number of anilines is 1. The van der Waals surface area contributed by atoms with Gasteiger partial charge in [-0.25, -0.2) is 0 Å².